The highest BCUT2D eigenvalue weighted by Crippen LogP contribution is 2.25. The first-order valence-corrected chi connectivity index (χ1v) is 10.9. The standard InChI is InChI=1S/C25H25N5O2/c1-18-21(11-5-13-26-18)24(31)28-15-7-10-20(17-28)30-23-22(12-6-14-27-23)29(25(30)32)16-19-8-3-2-4-9-19/h2-6,8-9,11-14,20H,7,10,15-17H2,1H3/t20-/m0/s1. The fourth-order valence-corrected chi connectivity index (χ4v) is 4.59. The largest absolute Gasteiger partial charge is 0.337 e. The van der Waals surface area contributed by atoms with Gasteiger partial charge < -0.3 is 4.90 Å². The molecule has 162 valence electrons. The predicted octanol–water partition coefficient (Wildman–Crippen LogP) is 3.43. The Bertz CT molecular complexity index is 1330. The van der Waals surface area contributed by atoms with E-state index in [2.05, 4.69) is 9.97 Å². The summed E-state index contributed by atoms with van der Waals surface area (Å²) in [5.41, 5.74) is 3.80. The molecule has 0 N–H and O–H groups in total. The van der Waals surface area contributed by atoms with Gasteiger partial charge in [-0.2, -0.15) is 0 Å². The second-order valence-corrected chi connectivity index (χ2v) is 8.25. The highest BCUT2D eigenvalue weighted by atomic mass is 16.2. The minimum Gasteiger partial charge on any atom is -0.337 e. The van der Waals surface area contributed by atoms with Crippen LogP contribution in [-0.4, -0.2) is 43.0 Å². The van der Waals surface area contributed by atoms with E-state index in [1.807, 2.05) is 60.4 Å². The molecule has 1 atom stereocenters. The summed E-state index contributed by atoms with van der Waals surface area (Å²) in [5.74, 6) is -0.0330. The number of rotatable bonds is 4. The van der Waals surface area contributed by atoms with Crippen molar-refractivity contribution in [1.29, 1.82) is 0 Å². The van der Waals surface area contributed by atoms with E-state index in [-0.39, 0.29) is 17.6 Å². The van der Waals surface area contributed by atoms with Crippen LogP contribution in [0.15, 0.2) is 71.8 Å². The lowest BCUT2D eigenvalue weighted by Crippen LogP contribution is -2.43. The van der Waals surface area contributed by atoms with Crippen molar-refractivity contribution in [3.05, 3.63) is 94.3 Å². The van der Waals surface area contributed by atoms with Gasteiger partial charge in [-0.05, 0) is 49.6 Å². The summed E-state index contributed by atoms with van der Waals surface area (Å²) < 4.78 is 3.57. The second-order valence-electron chi connectivity index (χ2n) is 8.25. The van der Waals surface area contributed by atoms with Gasteiger partial charge in [0.15, 0.2) is 5.65 Å². The van der Waals surface area contributed by atoms with Crippen LogP contribution < -0.4 is 5.69 Å². The number of fused-ring (bicyclic) bond motifs is 1. The molecule has 0 spiro atoms. The number of hydrogen-bond acceptors (Lipinski definition) is 4. The summed E-state index contributed by atoms with van der Waals surface area (Å²) in [7, 11) is 0. The van der Waals surface area contributed by atoms with E-state index in [9.17, 15) is 9.59 Å². The van der Waals surface area contributed by atoms with Crippen LogP contribution in [-0.2, 0) is 6.54 Å². The lowest BCUT2D eigenvalue weighted by atomic mass is 10.0. The maximum Gasteiger partial charge on any atom is 0.330 e. The van der Waals surface area contributed by atoms with E-state index in [1.165, 1.54) is 0 Å². The van der Waals surface area contributed by atoms with E-state index in [0.717, 1.165) is 29.6 Å². The third kappa shape index (κ3) is 3.60. The number of likely N-dealkylation sites (tertiary alicyclic amines) is 1. The molecule has 3 aromatic heterocycles. The van der Waals surface area contributed by atoms with Gasteiger partial charge in [-0.1, -0.05) is 30.3 Å². The van der Waals surface area contributed by atoms with E-state index in [4.69, 9.17) is 0 Å². The molecule has 1 saturated heterocycles. The summed E-state index contributed by atoms with van der Waals surface area (Å²) in [6, 6.07) is 17.2. The molecule has 0 aliphatic carbocycles. The minimum absolute atomic E-state index is 0.0330. The number of piperidine rings is 1. The van der Waals surface area contributed by atoms with Crippen molar-refractivity contribution in [2.75, 3.05) is 13.1 Å². The number of carbonyl (C=O) groups excluding carboxylic acids is 1. The summed E-state index contributed by atoms with van der Waals surface area (Å²) in [4.78, 5) is 37.4. The van der Waals surface area contributed by atoms with Crippen LogP contribution in [0.1, 0.15) is 40.5 Å². The lowest BCUT2D eigenvalue weighted by Gasteiger charge is -2.33. The van der Waals surface area contributed by atoms with Gasteiger partial charge in [0.1, 0.15) is 0 Å². The predicted molar refractivity (Wildman–Crippen MR) is 123 cm³/mol. The van der Waals surface area contributed by atoms with Crippen molar-refractivity contribution < 1.29 is 4.79 Å². The van der Waals surface area contributed by atoms with Crippen LogP contribution in [0.2, 0.25) is 0 Å². The number of nitrogens with zero attached hydrogens (tertiary/aromatic N) is 5. The molecular formula is C25H25N5O2. The third-order valence-corrected chi connectivity index (χ3v) is 6.19. The Labute approximate surface area is 186 Å². The molecule has 1 aliphatic heterocycles. The molecule has 0 radical (unpaired) electrons. The van der Waals surface area contributed by atoms with Crippen molar-refractivity contribution in [2.45, 2.75) is 32.4 Å². The van der Waals surface area contributed by atoms with Crippen LogP contribution >= 0.6 is 0 Å². The van der Waals surface area contributed by atoms with E-state index in [1.54, 1.807) is 27.6 Å². The van der Waals surface area contributed by atoms with Gasteiger partial charge in [-0.15, -0.1) is 0 Å². The van der Waals surface area contributed by atoms with Crippen LogP contribution in [0.25, 0.3) is 11.2 Å². The lowest BCUT2D eigenvalue weighted by molar-refractivity contribution is 0.0678. The van der Waals surface area contributed by atoms with Crippen LogP contribution in [0, 0.1) is 6.92 Å². The zero-order valence-corrected chi connectivity index (χ0v) is 18.0. The SMILES string of the molecule is Cc1ncccc1C(=O)N1CCC[C@H](n2c(=O)n(Cc3ccccc3)c3cccnc32)C1. The van der Waals surface area contributed by atoms with Gasteiger partial charge in [-0.3, -0.25) is 18.9 Å². The molecule has 4 aromatic rings. The second kappa shape index (κ2) is 8.42. The molecule has 0 bridgehead atoms. The van der Waals surface area contributed by atoms with Gasteiger partial charge in [0, 0.05) is 31.2 Å². The molecule has 1 amide bonds. The van der Waals surface area contributed by atoms with Gasteiger partial charge >= 0.3 is 5.69 Å². The normalized spacial score (nSPS) is 16.4. The number of imidazole rings is 1. The minimum atomic E-state index is -0.119. The number of aromatic nitrogens is 4. The van der Waals surface area contributed by atoms with Crippen molar-refractivity contribution in [1.82, 2.24) is 24.0 Å². The van der Waals surface area contributed by atoms with E-state index in [0.29, 0.717) is 30.8 Å². The summed E-state index contributed by atoms with van der Waals surface area (Å²) in [6.07, 6.45) is 5.07. The Morgan fingerprint density at radius 2 is 1.81 bits per heavy atom. The number of pyridine rings is 2. The molecule has 0 unspecified atom stereocenters. The van der Waals surface area contributed by atoms with E-state index >= 15 is 0 Å². The zero-order chi connectivity index (χ0) is 22.1. The number of carbonyl (C=O) groups is 1. The molecule has 4 heterocycles. The summed E-state index contributed by atoms with van der Waals surface area (Å²) in [6.45, 7) is 3.49. The Balaban J connectivity index is 1.50. The average Bonchev–Trinajstić information content (AvgIpc) is 3.11. The first kappa shape index (κ1) is 20.2. The smallest absolute Gasteiger partial charge is 0.330 e. The number of benzene rings is 1. The van der Waals surface area contributed by atoms with Crippen molar-refractivity contribution in [3.8, 4) is 0 Å². The van der Waals surface area contributed by atoms with Crippen LogP contribution in [0.3, 0.4) is 0 Å². The first-order chi connectivity index (χ1) is 15.6. The molecular weight excluding hydrogens is 402 g/mol. The first-order valence-electron chi connectivity index (χ1n) is 10.9. The van der Waals surface area contributed by atoms with Crippen LogP contribution in [0.5, 0.6) is 0 Å². The van der Waals surface area contributed by atoms with Crippen molar-refractivity contribution >= 4 is 17.1 Å². The summed E-state index contributed by atoms with van der Waals surface area (Å²) >= 11 is 0. The fourth-order valence-electron chi connectivity index (χ4n) is 4.59. The van der Waals surface area contributed by atoms with Gasteiger partial charge in [0.25, 0.3) is 5.91 Å². The third-order valence-electron chi connectivity index (χ3n) is 6.19. The Morgan fingerprint density at radius 3 is 2.62 bits per heavy atom. The Kier molecular flexibility index (Phi) is 5.31. The van der Waals surface area contributed by atoms with Crippen LogP contribution in [0.4, 0.5) is 0 Å². The van der Waals surface area contributed by atoms with Gasteiger partial charge in [0.05, 0.1) is 23.7 Å². The molecule has 1 aromatic carbocycles. The molecule has 1 aliphatic rings. The Morgan fingerprint density at radius 1 is 1.03 bits per heavy atom. The number of aryl methyl sites for hydroxylation is 1. The molecule has 1 fully saturated rings. The zero-order valence-electron chi connectivity index (χ0n) is 18.0. The maximum absolute atomic E-state index is 13.6. The highest BCUT2D eigenvalue weighted by Gasteiger charge is 2.29. The van der Waals surface area contributed by atoms with Gasteiger partial charge in [0.2, 0.25) is 0 Å². The monoisotopic (exact) mass is 427 g/mol. The fraction of sp³-hybridized carbons (Fsp3) is 0.280. The van der Waals surface area contributed by atoms with Crippen molar-refractivity contribution in [3.63, 3.8) is 0 Å². The van der Waals surface area contributed by atoms with Crippen molar-refractivity contribution in [2.24, 2.45) is 0 Å². The molecule has 5 rings (SSSR count). The van der Waals surface area contributed by atoms with E-state index < -0.39 is 0 Å². The number of amides is 1. The summed E-state index contributed by atoms with van der Waals surface area (Å²) in [5, 5.41) is 0. The highest BCUT2D eigenvalue weighted by molar-refractivity contribution is 5.95. The quantitative estimate of drug-likeness (QED) is 0.500. The van der Waals surface area contributed by atoms with Gasteiger partial charge in [-0.25, -0.2) is 9.78 Å². The molecule has 32 heavy (non-hydrogen) atoms. The molecule has 7 nitrogen and oxygen atoms in total. The maximum atomic E-state index is 13.6. The molecule has 0 saturated carbocycles. The topological polar surface area (TPSA) is 73.0 Å². The Hall–Kier alpha value is -3.74. The average molecular weight is 428 g/mol. The number of hydrogen-bond donors (Lipinski definition) is 0. The molecule has 7 heteroatoms.